The fourth-order valence-corrected chi connectivity index (χ4v) is 4.47. The molecule has 19 heteroatoms. The summed E-state index contributed by atoms with van der Waals surface area (Å²) >= 11 is 0. The molecule has 0 saturated carbocycles. The van der Waals surface area contributed by atoms with Crippen LogP contribution in [-0.2, 0) is 9.47 Å². The number of carboxylic acid groups (broad SMARTS) is 1. The summed E-state index contributed by atoms with van der Waals surface area (Å²) < 4.78 is 44.1. The van der Waals surface area contributed by atoms with Gasteiger partial charge in [-0.1, -0.05) is 6.92 Å². The number of carboxylic acids is 1. The number of carbonyl (C=O) groups is 2. The molecule has 0 bridgehead atoms. The highest BCUT2D eigenvalue weighted by Crippen LogP contribution is 2.32. The topological polar surface area (TPSA) is 267 Å². The molecule has 0 spiro atoms. The van der Waals surface area contributed by atoms with E-state index in [4.69, 9.17) is 46.8 Å². The molecule has 0 fully saturated rings. The standard InChI is InChI=1S/C29H28N8O11/c1-6-13(30)22-36-19(12(3)47-22)27-37-18(11(2)48-27)25-31-14(7-45-25)21(38)35-20(29(41-4)42-5)26-33-16(9-46-26)23-32-15(8-43-23)24-34-17(10-44-24)28(39)40/h7-10,13,20,29H,6,30H2,1-5H3,(H,35,38)(H,39,40). The summed E-state index contributed by atoms with van der Waals surface area (Å²) in [4.78, 5) is 50.1. The Morgan fingerprint density at radius 2 is 1.38 bits per heavy atom. The lowest BCUT2D eigenvalue weighted by Crippen LogP contribution is -2.38. The van der Waals surface area contributed by atoms with Gasteiger partial charge < -0.3 is 52.1 Å². The SMILES string of the molecule is CCC(N)c1nc(-c2nc(-c3nc(C(=O)NC(c4nc(-c5nc(-c6nc(C(=O)O)co6)co5)co4)C(OC)OC)co3)c(C)o2)c(C)o1. The second kappa shape index (κ2) is 13.1. The van der Waals surface area contributed by atoms with Gasteiger partial charge in [0.1, 0.15) is 36.6 Å². The molecule has 0 radical (unpaired) electrons. The number of ether oxygens (including phenoxy) is 2. The van der Waals surface area contributed by atoms with E-state index in [1.54, 1.807) is 13.8 Å². The molecule has 0 aliphatic heterocycles. The van der Waals surface area contributed by atoms with Gasteiger partial charge in [0.2, 0.25) is 35.3 Å². The van der Waals surface area contributed by atoms with Crippen LogP contribution in [0.2, 0.25) is 0 Å². The van der Waals surface area contributed by atoms with Crippen molar-refractivity contribution in [1.82, 2.24) is 35.2 Å². The number of rotatable bonds is 13. The van der Waals surface area contributed by atoms with Gasteiger partial charge in [-0.25, -0.2) is 34.7 Å². The van der Waals surface area contributed by atoms with E-state index >= 15 is 0 Å². The zero-order valence-electron chi connectivity index (χ0n) is 26.0. The van der Waals surface area contributed by atoms with Crippen LogP contribution in [0.4, 0.5) is 0 Å². The van der Waals surface area contributed by atoms with Crippen LogP contribution >= 0.6 is 0 Å². The fraction of sp³-hybridized carbons (Fsp3) is 0.310. The van der Waals surface area contributed by atoms with E-state index in [1.165, 1.54) is 26.7 Å². The minimum Gasteiger partial charge on any atom is -0.476 e. The molecule has 6 aromatic heterocycles. The molecule has 0 aromatic carbocycles. The number of aromatic nitrogens is 6. The molecule has 6 aromatic rings. The van der Waals surface area contributed by atoms with Gasteiger partial charge in [0.05, 0.1) is 6.04 Å². The highest BCUT2D eigenvalue weighted by molar-refractivity contribution is 5.92. The molecule has 19 nitrogen and oxygen atoms in total. The minimum atomic E-state index is -1.26. The number of nitrogens with zero attached hydrogens (tertiary/aromatic N) is 6. The molecule has 2 unspecified atom stereocenters. The van der Waals surface area contributed by atoms with E-state index in [9.17, 15) is 9.59 Å². The Hall–Kier alpha value is -5.92. The van der Waals surface area contributed by atoms with Crippen LogP contribution < -0.4 is 11.1 Å². The first-order valence-corrected chi connectivity index (χ1v) is 14.2. The van der Waals surface area contributed by atoms with Crippen molar-refractivity contribution in [3.8, 4) is 46.3 Å². The second-order valence-electron chi connectivity index (χ2n) is 10.2. The summed E-state index contributed by atoms with van der Waals surface area (Å²) in [6, 6.07) is -1.46. The van der Waals surface area contributed by atoms with E-state index in [1.807, 2.05) is 6.92 Å². The third-order valence-corrected chi connectivity index (χ3v) is 6.99. The largest absolute Gasteiger partial charge is 0.476 e. The van der Waals surface area contributed by atoms with Crippen molar-refractivity contribution in [2.75, 3.05) is 14.2 Å². The zero-order chi connectivity index (χ0) is 34.1. The number of aromatic carboxylic acids is 1. The van der Waals surface area contributed by atoms with Crippen LogP contribution in [0.3, 0.4) is 0 Å². The first kappa shape index (κ1) is 32.0. The lowest BCUT2D eigenvalue weighted by molar-refractivity contribution is -0.126. The Morgan fingerprint density at radius 1 is 0.771 bits per heavy atom. The van der Waals surface area contributed by atoms with Gasteiger partial charge in [-0.05, 0) is 20.3 Å². The van der Waals surface area contributed by atoms with Crippen LogP contribution in [0, 0.1) is 13.8 Å². The van der Waals surface area contributed by atoms with Crippen molar-refractivity contribution >= 4 is 11.9 Å². The summed E-state index contributed by atoms with van der Waals surface area (Å²) in [7, 11) is 2.74. The number of methoxy groups -OCH3 is 2. The van der Waals surface area contributed by atoms with Gasteiger partial charge in [-0.15, -0.1) is 0 Å². The van der Waals surface area contributed by atoms with E-state index in [2.05, 4.69) is 35.2 Å². The third-order valence-electron chi connectivity index (χ3n) is 6.99. The minimum absolute atomic E-state index is 0.000255. The molecule has 2 atom stereocenters. The number of nitrogens with two attached hydrogens (primary N) is 1. The number of hydrogen-bond acceptors (Lipinski definition) is 17. The number of nitrogens with one attached hydrogen (secondary N) is 1. The number of hydrogen-bond donors (Lipinski definition) is 3. The van der Waals surface area contributed by atoms with Gasteiger partial charge in [0.15, 0.2) is 46.5 Å². The Labute approximate surface area is 269 Å². The molecule has 6 heterocycles. The highest BCUT2D eigenvalue weighted by atomic mass is 16.7. The number of oxazole rings is 6. The molecular weight excluding hydrogens is 636 g/mol. The van der Waals surface area contributed by atoms with Gasteiger partial charge in [0, 0.05) is 14.2 Å². The average Bonchev–Trinajstić information content (AvgIpc) is 3.91. The smallest absolute Gasteiger partial charge is 0.357 e. The van der Waals surface area contributed by atoms with Crippen molar-refractivity contribution in [2.24, 2.45) is 5.73 Å². The van der Waals surface area contributed by atoms with Crippen molar-refractivity contribution in [2.45, 2.75) is 45.6 Å². The lowest BCUT2D eigenvalue weighted by atomic mass is 10.2. The molecule has 0 saturated heterocycles. The molecule has 0 aliphatic carbocycles. The van der Waals surface area contributed by atoms with Gasteiger partial charge in [0.25, 0.3) is 5.91 Å². The first-order chi connectivity index (χ1) is 23.1. The maximum absolute atomic E-state index is 13.4. The van der Waals surface area contributed by atoms with Crippen molar-refractivity contribution in [1.29, 1.82) is 0 Å². The number of amides is 1. The molecule has 6 rings (SSSR count). The van der Waals surface area contributed by atoms with Gasteiger partial charge in [-0.2, -0.15) is 0 Å². The number of carbonyl (C=O) groups excluding carboxylic acids is 1. The fourth-order valence-electron chi connectivity index (χ4n) is 4.47. The molecule has 48 heavy (non-hydrogen) atoms. The van der Waals surface area contributed by atoms with Gasteiger partial charge >= 0.3 is 5.97 Å². The Balaban J connectivity index is 1.21. The molecule has 1 amide bonds. The van der Waals surface area contributed by atoms with E-state index in [0.717, 1.165) is 12.5 Å². The summed E-state index contributed by atoms with van der Waals surface area (Å²) in [5, 5.41) is 11.8. The van der Waals surface area contributed by atoms with Crippen molar-refractivity contribution in [3.63, 3.8) is 0 Å². The van der Waals surface area contributed by atoms with E-state index < -0.39 is 24.2 Å². The lowest BCUT2D eigenvalue weighted by Gasteiger charge is -2.22. The molecule has 4 N–H and O–H groups in total. The maximum atomic E-state index is 13.4. The van der Waals surface area contributed by atoms with Crippen LogP contribution in [0.25, 0.3) is 46.3 Å². The zero-order valence-corrected chi connectivity index (χ0v) is 26.0. The van der Waals surface area contributed by atoms with Crippen LogP contribution in [0.5, 0.6) is 0 Å². The molecular formula is C29H28N8O11. The maximum Gasteiger partial charge on any atom is 0.357 e. The predicted molar refractivity (Wildman–Crippen MR) is 157 cm³/mol. The summed E-state index contributed by atoms with van der Waals surface area (Å²) in [6.45, 7) is 5.30. The van der Waals surface area contributed by atoms with E-state index in [0.29, 0.717) is 29.5 Å². The summed E-state index contributed by atoms with van der Waals surface area (Å²) in [5.41, 5.74) is 6.55. The normalized spacial score (nSPS) is 12.9. The third kappa shape index (κ3) is 6.11. The first-order valence-electron chi connectivity index (χ1n) is 14.2. The van der Waals surface area contributed by atoms with E-state index in [-0.39, 0.29) is 64.0 Å². The van der Waals surface area contributed by atoms with Crippen LogP contribution in [-0.4, -0.2) is 67.4 Å². The quantitative estimate of drug-likeness (QED) is 0.147. The Morgan fingerprint density at radius 3 is 2.08 bits per heavy atom. The van der Waals surface area contributed by atoms with Crippen molar-refractivity contribution < 1.29 is 50.7 Å². The summed E-state index contributed by atoms with van der Waals surface area (Å²) in [5.74, 6) is -0.637. The van der Waals surface area contributed by atoms with Crippen LogP contribution in [0.15, 0.2) is 51.6 Å². The summed E-state index contributed by atoms with van der Waals surface area (Å²) in [6.07, 6.45) is 4.15. The van der Waals surface area contributed by atoms with Gasteiger partial charge in [-0.3, -0.25) is 4.79 Å². The van der Waals surface area contributed by atoms with Crippen molar-refractivity contribution in [3.05, 3.63) is 59.7 Å². The Bertz CT molecular complexity index is 2060. The van der Waals surface area contributed by atoms with Crippen LogP contribution in [0.1, 0.15) is 69.7 Å². The second-order valence-corrected chi connectivity index (χ2v) is 10.2. The monoisotopic (exact) mass is 664 g/mol. The molecule has 0 aliphatic rings. The molecule has 250 valence electrons. The number of aryl methyl sites for hydroxylation is 2. The average molecular weight is 665 g/mol. The Kier molecular flexibility index (Phi) is 8.72. The highest BCUT2D eigenvalue weighted by Gasteiger charge is 2.32. The predicted octanol–water partition coefficient (Wildman–Crippen LogP) is 4.10.